The van der Waals surface area contributed by atoms with Crippen molar-refractivity contribution < 1.29 is 19.1 Å². The number of carbonyl (C=O) groups is 2. The number of ether oxygens (including phenoxy) is 2. The Morgan fingerprint density at radius 2 is 1.88 bits per heavy atom. The minimum atomic E-state index is -0.730. The maximum absolute atomic E-state index is 12.3. The summed E-state index contributed by atoms with van der Waals surface area (Å²) in [6, 6.07) is 12.3. The molecular formula is C17H13IN2O4. The summed E-state index contributed by atoms with van der Waals surface area (Å²) in [5, 5.41) is 2.56. The number of hydrogen-bond donors (Lipinski definition) is 2. The number of benzene rings is 2. The van der Waals surface area contributed by atoms with E-state index in [1.807, 2.05) is 6.07 Å². The SMILES string of the molecule is NC(=O)/C(=C\c1ccc2c(c1)OCO2)NC(=O)c1ccccc1I. The minimum Gasteiger partial charge on any atom is -0.454 e. The fourth-order valence-electron chi connectivity index (χ4n) is 2.17. The highest BCUT2D eigenvalue weighted by atomic mass is 127. The fourth-order valence-corrected chi connectivity index (χ4v) is 2.81. The van der Waals surface area contributed by atoms with Gasteiger partial charge >= 0.3 is 0 Å². The summed E-state index contributed by atoms with van der Waals surface area (Å²) in [5.41, 5.74) is 6.51. The third-order valence-electron chi connectivity index (χ3n) is 3.34. The molecule has 0 atom stereocenters. The zero-order valence-electron chi connectivity index (χ0n) is 12.4. The summed E-state index contributed by atoms with van der Waals surface area (Å²) < 4.78 is 11.3. The number of hydrogen-bond acceptors (Lipinski definition) is 4. The van der Waals surface area contributed by atoms with Crippen molar-refractivity contribution >= 4 is 40.5 Å². The van der Waals surface area contributed by atoms with Gasteiger partial charge < -0.3 is 20.5 Å². The number of nitrogens with two attached hydrogens (primary N) is 1. The molecule has 24 heavy (non-hydrogen) atoms. The lowest BCUT2D eigenvalue weighted by Gasteiger charge is -2.08. The van der Waals surface area contributed by atoms with Gasteiger partial charge in [0.05, 0.1) is 5.56 Å². The predicted octanol–water partition coefficient (Wildman–Crippen LogP) is 2.28. The van der Waals surface area contributed by atoms with Crippen molar-refractivity contribution in [2.45, 2.75) is 0 Å². The summed E-state index contributed by atoms with van der Waals surface area (Å²) in [4.78, 5) is 24.0. The first-order chi connectivity index (χ1) is 11.5. The molecule has 0 saturated carbocycles. The molecule has 1 aliphatic heterocycles. The van der Waals surface area contributed by atoms with Crippen LogP contribution in [0, 0.1) is 3.57 Å². The molecule has 1 aliphatic rings. The standard InChI is InChI=1S/C17H13IN2O4/c18-12-4-2-1-3-11(12)17(22)20-13(16(19)21)7-10-5-6-14-15(8-10)24-9-23-14/h1-8H,9H2,(H2,19,21)(H,20,22)/b13-7+. The van der Waals surface area contributed by atoms with Gasteiger partial charge in [-0.15, -0.1) is 0 Å². The Morgan fingerprint density at radius 1 is 1.12 bits per heavy atom. The normalized spacial score (nSPS) is 12.8. The molecule has 2 amide bonds. The molecule has 3 rings (SSSR count). The monoisotopic (exact) mass is 436 g/mol. The van der Waals surface area contributed by atoms with Gasteiger partial charge in [0.2, 0.25) is 6.79 Å². The molecule has 0 saturated heterocycles. The quantitative estimate of drug-likeness (QED) is 0.569. The van der Waals surface area contributed by atoms with Crippen molar-refractivity contribution in [2.24, 2.45) is 5.73 Å². The lowest BCUT2D eigenvalue weighted by molar-refractivity contribution is -0.114. The number of nitrogens with one attached hydrogen (secondary N) is 1. The Bertz CT molecular complexity index is 848. The molecule has 7 heteroatoms. The van der Waals surface area contributed by atoms with E-state index in [2.05, 4.69) is 27.9 Å². The molecule has 0 radical (unpaired) electrons. The largest absolute Gasteiger partial charge is 0.454 e. The number of rotatable bonds is 4. The van der Waals surface area contributed by atoms with Crippen LogP contribution in [0.4, 0.5) is 0 Å². The average Bonchev–Trinajstić information content (AvgIpc) is 3.02. The minimum absolute atomic E-state index is 0.00137. The molecule has 0 fully saturated rings. The van der Waals surface area contributed by atoms with Crippen LogP contribution >= 0.6 is 22.6 Å². The number of primary amides is 1. The third kappa shape index (κ3) is 3.51. The van der Waals surface area contributed by atoms with E-state index in [-0.39, 0.29) is 12.5 Å². The molecule has 0 bridgehead atoms. The van der Waals surface area contributed by atoms with Crippen molar-refractivity contribution in [3.63, 3.8) is 0 Å². The van der Waals surface area contributed by atoms with E-state index in [4.69, 9.17) is 15.2 Å². The summed E-state index contributed by atoms with van der Waals surface area (Å²) in [6.07, 6.45) is 1.50. The van der Waals surface area contributed by atoms with Gasteiger partial charge in [-0.2, -0.15) is 0 Å². The lowest BCUT2D eigenvalue weighted by Crippen LogP contribution is -2.31. The summed E-state index contributed by atoms with van der Waals surface area (Å²) in [5.74, 6) is 0.0879. The maximum atomic E-state index is 12.3. The van der Waals surface area contributed by atoms with Crippen LogP contribution in [0.25, 0.3) is 6.08 Å². The molecule has 2 aromatic carbocycles. The molecule has 2 aromatic rings. The lowest BCUT2D eigenvalue weighted by atomic mass is 10.1. The van der Waals surface area contributed by atoms with Crippen LogP contribution in [-0.2, 0) is 4.79 Å². The van der Waals surface area contributed by atoms with Gasteiger partial charge in [0.1, 0.15) is 5.70 Å². The summed E-state index contributed by atoms with van der Waals surface area (Å²) in [6.45, 7) is 0.161. The van der Waals surface area contributed by atoms with Crippen LogP contribution in [0.5, 0.6) is 11.5 Å². The number of halogens is 1. The number of fused-ring (bicyclic) bond motifs is 1. The van der Waals surface area contributed by atoms with Crippen LogP contribution in [0.2, 0.25) is 0 Å². The second-order valence-electron chi connectivity index (χ2n) is 4.97. The second-order valence-corrected chi connectivity index (χ2v) is 6.13. The van der Waals surface area contributed by atoms with Crippen molar-refractivity contribution in [3.05, 3.63) is 62.9 Å². The smallest absolute Gasteiger partial charge is 0.265 e. The average molecular weight is 436 g/mol. The van der Waals surface area contributed by atoms with Crippen LogP contribution in [0.15, 0.2) is 48.2 Å². The first-order valence-corrected chi connectivity index (χ1v) is 8.09. The van der Waals surface area contributed by atoms with Gasteiger partial charge in [-0.3, -0.25) is 9.59 Å². The van der Waals surface area contributed by atoms with Gasteiger partial charge in [-0.25, -0.2) is 0 Å². The van der Waals surface area contributed by atoms with Crippen LogP contribution in [-0.4, -0.2) is 18.6 Å². The van der Waals surface area contributed by atoms with Gasteiger partial charge in [0.15, 0.2) is 11.5 Å². The molecule has 0 unspecified atom stereocenters. The first-order valence-electron chi connectivity index (χ1n) is 7.01. The molecule has 0 aromatic heterocycles. The fraction of sp³-hybridized carbons (Fsp3) is 0.0588. The van der Waals surface area contributed by atoms with E-state index in [1.54, 1.807) is 36.4 Å². The molecule has 0 aliphatic carbocycles. The van der Waals surface area contributed by atoms with E-state index < -0.39 is 11.8 Å². The van der Waals surface area contributed by atoms with Gasteiger partial charge in [-0.05, 0) is 58.5 Å². The summed E-state index contributed by atoms with van der Waals surface area (Å²) in [7, 11) is 0. The molecule has 3 N–H and O–H groups in total. The Kier molecular flexibility index (Phi) is 4.70. The van der Waals surface area contributed by atoms with Gasteiger partial charge in [0, 0.05) is 3.57 Å². The molecule has 122 valence electrons. The molecule has 0 spiro atoms. The Morgan fingerprint density at radius 3 is 2.62 bits per heavy atom. The third-order valence-corrected chi connectivity index (χ3v) is 4.28. The Labute approximate surface area is 151 Å². The Balaban J connectivity index is 1.86. The van der Waals surface area contributed by atoms with Crippen LogP contribution < -0.4 is 20.5 Å². The highest BCUT2D eigenvalue weighted by Gasteiger charge is 2.16. The second kappa shape index (κ2) is 6.91. The van der Waals surface area contributed by atoms with E-state index in [9.17, 15) is 9.59 Å². The predicted molar refractivity (Wildman–Crippen MR) is 96.4 cm³/mol. The van der Waals surface area contributed by atoms with Crippen molar-refractivity contribution in [2.75, 3.05) is 6.79 Å². The zero-order valence-corrected chi connectivity index (χ0v) is 14.6. The van der Waals surface area contributed by atoms with Crippen molar-refractivity contribution in [1.82, 2.24) is 5.32 Å². The number of amides is 2. The van der Waals surface area contributed by atoms with E-state index in [0.29, 0.717) is 22.6 Å². The summed E-state index contributed by atoms with van der Waals surface area (Å²) >= 11 is 2.06. The van der Waals surface area contributed by atoms with Crippen LogP contribution in [0.1, 0.15) is 15.9 Å². The first kappa shape index (κ1) is 16.3. The van der Waals surface area contributed by atoms with Crippen molar-refractivity contribution in [3.8, 4) is 11.5 Å². The highest BCUT2D eigenvalue weighted by Crippen LogP contribution is 2.33. The van der Waals surface area contributed by atoms with Crippen LogP contribution in [0.3, 0.4) is 0 Å². The van der Waals surface area contributed by atoms with Crippen molar-refractivity contribution in [1.29, 1.82) is 0 Å². The molecule has 1 heterocycles. The highest BCUT2D eigenvalue weighted by molar-refractivity contribution is 14.1. The topological polar surface area (TPSA) is 90.7 Å². The number of carbonyl (C=O) groups excluding carboxylic acids is 2. The van der Waals surface area contributed by atoms with E-state index >= 15 is 0 Å². The Hall–Kier alpha value is -2.55. The zero-order chi connectivity index (χ0) is 17.1. The van der Waals surface area contributed by atoms with Gasteiger partial charge in [0.25, 0.3) is 11.8 Å². The molecular weight excluding hydrogens is 423 g/mol. The molecule has 6 nitrogen and oxygen atoms in total. The maximum Gasteiger partial charge on any atom is 0.265 e. The van der Waals surface area contributed by atoms with E-state index in [1.165, 1.54) is 6.08 Å². The van der Waals surface area contributed by atoms with Gasteiger partial charge in [-0.1, -0.05) is 18.2 Å². The van der Waals surface area contributed by atoms with E-state index in [0.717, 1.165) is 3.57 Å².